The summed E-state index contributed by atoms with van der Waals surface area (Å²) in [4.78, 5) is 4.84. The zero-order valence-corrected chi connectivity index (χ0v) is 22.7. The molecule has 1 saturated carbocycles. The number of furan rings is 1. The van der Waals surface area contributed by atoms with Crippen molar-refractivity contribution in [1.29, 1.82) is 0 Å². The normalized spacial score (nSPS) is 14.4. The summed E-state index contributed by atoms with van der Waals surface area (Å²) >= 11 is 0. The van der Waals surface area contributed by atoms with Crippen molar-refractivity contribution in [2.45, 2.75) is 44.9 Å². The Morgan fingerprint density at radius 2 is 1.26 bits per heavy atom. The monoisotopic (exact) mass is 507 g/mol. The molecule has 2 aromatic heterocycles. The Bertz CT molecular complexity index is 1790. The van der Waals surface area contributed by atoms with Gasteiger partial charge in [-0.1, -0.05) is 112 Å². The van der Waals surface area contributed by atoms with Crippen LogP contribution in [0, 0.1) is 5.92 Å². The molecule has 0 N–H and O–H groups in total. The highest BCUT2D eigenvalue weighted by molar-refractivity contribution is 6.13. The third kappa shape index (κ3) is 4.06. The summed E-state index contributed by atoms with van der Waals surface area (Å²) in [5.41, 5.74) is 10.0. The number of rotatable bonds is 5. The molecule has 0 amide bonds. The van der Waals surface area contributed by atoms with E-state index in [2.05, 4.69) is 117 Å². The van der Waals surface area contributed by atoms with Crippen molar-refractivity contribution >= 4 is 21.9 Å². The molecule has 6 aromatic rings. The maximum absolute atomic E-state index is 6.80. The van der Waals surface area contributed by atoms with Gasteiger partial charge in [-0.15, -0.1) is 0 Å². The fraction of sp³-hybridized carbons (Fsp3) is 0.216. The van der Waals surface area contributed by atoms with Crippen LogP contribution in [0.5, 0.6) is 0 Å². The average Bonchev–Trinajstić information content (AvgIpc) is 3.67. The van der Waals surface area contributed by atoms with Gasteiger partial charge in [-0.2, -0.15) is 0 Å². The maximum atomic E-state index is 6.80. The summed E-state index contributed by atoms with van der Waals surface area (Å²) in [6, 6.07) is 36.6. The highest BCUT2D eigenvalue weighted by atomic mass is 16.3. The number of nitrogens with zero attached hydrogens (tertiary/aromatic N) is 1. The first kappa shape index (κ1) is 23.9. The van der Waals surface area contributed by atoms with E-state index in [4.69, 9.17) is 9.40 Å². The summed E-state index contributed by atoms with van der Waals surface area (Å²) < 4.78 is 6.80. The summed E-state index contributed by atoms with van der Waals surface area (Å²) in [7, 11) is 0. The minimum Gasteiger partial charge on any atom is -0.455 e. The fourth-order valence-corrected chi connectivity index (χ4v) is 6.68. The van der Waals surface area contributed by atoms with Crippen molar-refractivity contribution in [3.05, 3.63) is 115 Å². The van der Waals surface area contributed by atoms with Crippen LogP contribution >= 0.6 is 0 Å². The lowest BCUT2D eigenvalue weighted by atomic mass is 9.72. The summed E-state index contributed by atoms with van der Waals surface area (Å²) in [6.07, 6.45) is 7.30. The largest absolute Gasteiger partial charge is 0.455 e. The summed E-state index contributed by atoms with van der Waals surface area (Å²) in [5.74, 6) is 0.724. The third-order valence-electron chi connectivity index (χ3n) is 8.98. The SMILES string of the molecule is CC(C)(c1ccnc(-c2cccc3c2oc2c(-c4ccccc4-c4ccccc4)cccc23)c1)C1CCCC1. The Kier molecular flexibility index (Phi) is 5.85. The zero-order valence-electron chi connectivity index (χ0n) is 22.7. The van der Waals surface area contributed by atoms with Crippen molar-refractivity contribution < 1.29 is 4.42 Å². The Balaban J connectivity index is 1.39. The van der Waals surface area contributed by atoms with Crippen LogP contribution in [0.25, 0.3) is 55.4 Å². The predicted octanol–water partition coefficient (Wildman–Crippen LogP) is 10.4. The summed E-state index contributed by atoms with van der Waals surface area (Å²) in [6.45, 7) is 4.81. The molecule has 0 atom stereocenters. The molecule has 0 spiro atoms. The van der Waals surface area contributed by atoms with Gasteiger partial charge in [-0.25, -0.2) is 0 Å². The highest BCUT2D eigenvalue weighted by Crippen LogP contribution is 2.44. The number of aromatic nitrogens is 1. The first-order valence-electron chi connectivity index (χ1n) is 14.2. The van der Waals surface area contributed by atoms with Gasteiger partial charge >= 0.3 is 0 Å². The van der Waals surface area contributed by atoms with Crippen LogP contribution in [0.15, 0.2) is 114 Å². The lowest BCUT2D eigenvalue weighted by Crippen LogP contribution is -2.26. The van der Waals surface area contributed by atoms with E-state index in [0.29, 0.717) is 0 Å². The van der Waals surface area contributed by atoms with Crippen molar-refractivity contribution in [2.75, 3.05) is 0 Å². The molecule has 7 rings (SSSR count). The topological polar surface area (TPSA) is 26.0 Å². The number of hydrogen-bond donors (Lipinski definition) is 0. The van der Waals surface area contributed by atoms with Gasteiger partial charge in [-0.3, -0.25) is 4.98 Å². The number of para-hydroxylation sites is 2. The number of benzene rings is 4. The molecular formula is C37H33NO. The van der Waals surface area contributed by atoms with Crippen LogP contribution in [0.4, 0.5) is 0 Å². The van der Waals surface area contributed by atoms with Crippen LogP contribution in [-0.2, 0) is 5.41 Å². The van der Waals surface area contributed by atoms with E-state index >= 15 is 0 Å². The Morgan fingerprint density at radius 3 is 2.00 bits per heavy atom. The van der Waals surface area contributed by atoms with E-state index in [-0.39, 0.29) is 5.41 Å². The van der Waals surface area contributed by atoms with E-state index in [1.54, 1.807) is 0 Å². The number of fused-ring (bicyclic) bond motifs is 3. The molecule has 0 aliphatic heterocycles. The molecule has 1 aliphatic carbocycles. The number of pyridine rings is 1. The van der Waals surface area contributed by atoms with Crippen molar-refractivity contribution in [1.82, 2.24) is 4.98 Å². The molecule has 192 valence electrons. The highest BCUT2D eigenvalue weighted by Gasteiger charge is 2.33. The molecule has 39 heavy (non-hydrogen) atoms. The predicted molar refractivity (Wildman–Crippen MR) is 163 cm³/mol. The van der Waals surface area contributed by atoms with Crippen LogP contribution in [-0.4, -0.2) is 4.98 Å². The maximum Gasteiger partial charge on any atom is 0.144 e. The molecule has 2 nitrogen and oxygen atoms in total. The van der Waals surface area contributed by atoms with Gasteiger partial charge in [0.25, 0.3) is 0 Å². The second-order valence-corrected chi connectivity index (χ2v) is 11.5. The molecule has 4 aromatic carbocycles. The zero-order chi connectivity index (χ0) is 26.4. The van der Waals surface area contributed by atoms with E-state index < -0.39 is 0 Å². The molecule has 0 saturated heterocycles. The van der Waals surface area contributed by atoms with Gasteiger partial charge < -0.3 is 4.42 Å². The fourth-order valence-electron chi connectivity index (χ4n) is 6.68. The minimum absolute atomic E-state index is 0.129. The smallest absolute Gasteiger partial charge is 0.144 e. The van der Waals surface area contributed by atoms with Crippen LogP contribution in [0.3, 0.4) is 0 Å². The molecular weight excluding hydrogens is 474 g/mol. The number of hydrogen-bond acceptors (Lipinski definition) is 2. The van der Waals surface area contributed by atoms with E-state index in [1.807, 2.05) is 6.20 Å². The second-order valence-electron chi connectivity index (χ2n) is 11.5. The van der Waals surface area contributed by atoms with Gasteiger partial charge in [0, 0.05) is 28.1 Å². The van der Waals surface area contributed by atoms with Gasteiger partial charge in [0.15, 0.2) is 0 Å². The molecule has 0 unspecified atom stereocenters. The van der Waals surface area contributed by atoms with Crippen molar-refractivity contribution in [3.8, 4) is 33.5 Å². The van der Waals surface area contributed by atoms with E-state index in [9.17, 15) is 0 Å². The molecule has 0 bridgehead atoms. The quantitative estimate of drug-likeness (QED) is 0.232. The van der Waals surface area contributed by atoms with Crippen molar-refractivity contribution in [3.63, 3.8) is 0 Å². The first-order valence-corrected chi connectivity index (χ1v) is 14.2. The lowest BCUT2D eigenvalue weighted by Gasteiger charge is -2.32. The van der Waals surface area contributed by atoms with Crippen LogP contribution in [0.1, 0.15) is 45.1 Å². The Labute approximate surface area is 230 Å². The molecule has 1 aliphatic rings. The molecule has 2 heterocycles. The molecule has 0 radical (unpaired) electrons. The van der Waals surface area contributed by atoms with Crippen molar-refractivity contribution in [2.24, 2.45) is 5.92 Å². The summed E-state index contributed by atoms with van der Waals surface area (Å²) in [5, 5.41) is 2.26. The van der Waals surface area contributed by atoms with Crippen LogP contribution < -0.4 is 0 Å². The molecule has 1 fully saturated rings. The third-order valence-corrected chi connectivity index (χ3v) is 8.98. The lowest BCUT2D eigenvalue weighted by molar-refractivity contribution is 0.325. The van der Waals surface area contributed by atoms with E-state index in [0.717, 1.165) is 44.7 Å². The first-order chi connectivity index (χ1) is 19.1. The average molecular weight is 508 g/mol. The Hall–Kier alpha value is -4.17. The van der Waals surface area contributed by atoms with Gasteiger partial charge in [0.2, 0.25) is 0 Å². The standard InChI is InChI=1S/C37H33NO/c1-37(2,26-14-6-7-15-26)27-22-23-38-34(24-27)33-21-11-20-32-31-19-10-18-30(35(31)39-36(32)33)29-17-9-8-16-28(29)25-12-4-3-5-13-25/h3-5,8-13,16-24,26H,6-7,14-15H2,1-2H3. The van der Waals surface area contributed by atoms with Crippen LogP contribution in [0.2, 0.25) is 0 Å². The second kappa shape index (κ2) is 9.54. The molecule has 2 heteroatoms. The van der Waals surface area contributed by atoms with E-state index in [1.165, 1.54) is 47.9 Å². The van der Waals surface area contributed by atoms with Gasteiger partial charge in [0.05, 0.1) is 5.69 Å². The Morgan fingerprint density at radius 1 is 0.641 bits per heavy atom. The van der Waals surface area contributed by atoms with Gasteiger partial charge in [0.1, 0.15) is 11.2 Å². The minimum atomic E-state index is 0.129. The van der Waals surface area contributed by atoms with Gasteiger partial charge in [-0.05, 0) is 64.6 Å².